The highest BCUT2D eigenvalue weighted by Crippen LogP contribution is 2.31. The molecule has 0 bridgehead atoms. The number of rotatable bonds is 3. The molecule has 0 unspecified atom stereocenters. The number of amides is 1. The third-order valence-corrected chi connectivity index (χ3v) is 4.52. The van der Waals surface area contributed by atoms with Crippen molar-refractivity contribution in [3.05, 3.63) is 41.8 Å². The van der Waals surface area contributed by atoms with Gasteiger partial charge in [-0.2, -0.15) is 0 Å². The van der Waals surface area contributed by atoms with Crippen molar-refractivity contribution >= 4 is 5.91 Å². The predicted molar refractivity (Wildman–Crippen MR) is 89.5 cm³/mol. The average molecular weight is 343 g/mol. The highest BCUT2D eigenvalue weighted by molar-refractivity contribution is 5.82. The van der Waals surface area contributed by atoms with Crippen LogP contribution >= 0.6 is 0 Å². The second kappa shape index (κ2) is 6.76. The monoisotopic (exact) mass is 343 g/mol. The molecular formula is C18H21N3O4. The third kappa shape index (κ3) is 3.46. The van der Waals surface area contributed by atoms with Gasteiger partial charge in [-0.25, -0.2) is 0 Å². The van der Waals surface area contributed by atoms with E-state index in [2.05, 4.69) is 10.1 Å². The molecule has 4 rings (SSSR count). The fourth-order valence-electron chi connectivity index (χ4n) is 3.18. The highest BCUT2D eigenvalue weighted by atomic mass is 16.6. The maximum atomic E-state index is 12.7. The molecule has 0 spiro atoms. The smallest absolute Gasteiger partial charge is 0.267 e. The van der Waals surface area contributed by atoms with Gasteiger partial charge in [-0.05, 0) is 19.1 Å². The van der Waals surface area contributed by atoms with Crippen molar-refractivity contribution in [2.45, 2.75) is 19.6 Å². The number of para-hydroxylation sites is 2. The number of ether oxygens (including phenoxy) is 2. The van der Waals surface area contributed by atoms with Crippen molar-refractivity contribution in [3.63, 3.8) is 0 Å². The largest absolute Gasteiger partial charge is 0.485 e. The lowest BCUT2D eigenvalue weighted by molar-refractivity contribution is -0.143. The van der Waals surface area contributed by atoms with E-state index >= 15 is 0 Å². The number of fused-ring (bicyclic) bond motifs is 1. The molecule has 1 fully saturated rings. The summed E-state index contributed by atoms with van der Waals surface area (Å²) >= 11 is 0. The number of aryl methyl sites for hydroxylation is 1. The standard InChI is InChI=1S/C18H21N3O4/c1-13-10-14(25-19-13)11-20-6-8-21(9-7-20)18(22)17-12-23-15-4-2-3-5-16(15)24-17/h2-5,10,17H,6-9,11-12H2,1H3/t17-/m1/s1. The summed E-state index contributed by atoms with van der Waals surface area (Å²) in [5.74, 6) is 2.17. The van der Waals surface area contributed by atoms with Crippen molar-refractivity contribution in [1.82, 2.24) is 15.0 Å². The quantitative estimate of drug-likeness (QED) is 0.841. The van der Waals surface area contributed by atoms with E-state index in [9.17, 15) is 4.79 Å². The van der Waals surface area contributed by atoms with E-state index < -0.39 is 6.10 Å². The Balaban J connectivity index is 1.31. The molecule has 7 heteroatoms. The Kier molecular flexibility index (Phi) is 4.31. The van der Waals surface area contributed by atoms with Gasteiger partial charge in [0.2, 0.25) is 6.10 Å². The molecule has 3 heterocycles. The van der Waals surface area contributed by atoms with Gasteiger partial charge in [0, 0.05) is 32.2 Å². The van der Waals surface area contributed by atoms with E-state index in [4.69, 9.17) is 14.0 Å². The Morgan fingerprint density at radius 3 is 2.68 bits per heavy atom. The zero-order chi connectivity index (χ0) is 17.2. The van der Waals surface area contributed by atoms with E-state index in [1.54, 1.807) is 0 Å². The number of hydrogen-bond acceptors (Lipinski definition) is 6. The van der Waals surface area contributed by atoms with Crippen LogP contribution in [-0.4, -0.2) is 59.8 Å². The summed E-state index contributed by atoms with van der Waals surface area (Å²) in [4.78, 5) is 16.8. The molecule has 7 nitrogen and oxygen atoms in total. The first kappa shape index (κ1) is 16.0. The van der Waals surface area contributed by atoms with Gasteiger partial charge in [0.25, 0.3) is 5.91 Å². The Morgan fingerprint density at radius 2 is 1.96 bits per heavy atom. The highest BCUT2D eigenvalue weighted by Gasteiger charge is 2.32. The summed E-state index contributed by atoms with van der Waals surface area (Å²) in [5, 5.41) is 3.91. The lowest BCUT2D eigenvalue weighted by atomic mass is 10.2. The van der Waals surface area contributed by atoms with Gasteiger partial charge in [-0.15, -0.1) is 0 Å². The van der Waals surface area contributed by atoms with Crippen LogP contribution in [0.15, 0.2) is 34.9 Å². The van der Waals surface area contributed by atoms with Gasteiger partial charge in [-0.3, -0.25) is 9.69 Å². The molecule has 132 valence electrons. The summed E-state index contributed by atoms with van der Waals surface area (Å²) in [6.07, 6.45) is -0.571. The Bertz CT molecular complexity index is 752. The van der Waals surface area contributed by atoms with Crippen LogP contribution in [0.3, 0.4) is 0 Å². The fraction of sp³-hybridized carbons (Fsp3) is 0.444. The molecule has 1 amide bonds. The van der Waals surface area contributed by atoms with Crippen LogP contribution in [0.5, 0.6) is 11.5 Å². The molecule has 0 radical (unpaired) electrons. The minimum Gasteiger partial charge on any atom is -0.485 e. The van der Waals surface area contributed by atoms with Gasteiger partial charge in [0.1, 0.15) is 6.61 Å². The van der Waals surface area contributed by atoms with Crippen LogP contribution in [0.4, 0.5) is 0 Å². The number of aromatic nitrogens is 1. The van der Waals surface area contributed by atoms with E-state index in [-0.39, 0.29) is 12.5 Å². The minimum atomic E-state index is -0.571. The van der Waals surface area contributed by atoms with Crippen LogP contribution in [0.2, 0.25) is 0 Å². The molecular weight excluding hydrogens is 322 g/mol. The summed E-state index contributed by atoms with van der Waals surface area (Å²) in [7, 11) is 0. The normalized spacial score (nSPS) is 20.5. The molecule has 1 saturated heterocycles. The molecule has 0 aliphatic carbocycles. The lowest BCUT2D eigenvalue weighted by Gasteiger charge is -2.36. The van der Waals surface area contributed by atoms with Crippen LogP contribution in [0.25, 0.3) is 0 Å². The SMILES string of the molecule is Cc1cc(CN2CCN(C(=O)[C@H]3COc4ccccc4O3)CC2)on1. The second-order valence-electron chi connectivity index (χ2n) is 6.40. The zero-order valence-electron chi connectivity index (χ0n) is 14.2. The number of piperazine rings is 1. The number of nitrogens with zero attached hydrogens (tertiary/aromatic N) is 3. The third-order valence-electron chi connectivity index (χ3n) is 4.52. The van der Waals surface area contributed by atoms with Gasteiger partial charge in [-0.1, -0.05) is 17.3 Å². The summed E-state index contributed by atoms with van der Waals surface area (Å²) in [6.45, 7) is 5.84. The first-order chi connectivity index (χ1) is 12.2. The summed E-state index contributed by atoms with van der Waals surface area (Å²) < 4.78 is 16.7. The van der Waals surface area contributed by atoms with E-state index in [1.165, 1.54) is 0 Å². The maximum Gasteiger partial charge on any atom is 0.267 e. The molecule has 0 N–H and O–H groups in total. The van der Waals surface area contributed by atoms with E-state index in [0.29, 0.717) is 24.6 Å². The number of carbonyl (C=O) groups is 1. The molecule has 2 aliphatic heterocycles. The first-order valence-corrected chi connectivity index (χ1v) is 8.51. The number of carbonyl (C=O) groups excluding carboxylic acids is 1. The lowest BCUT2D eigenvalue weighted by Crippen LogP contribution is -2.53. The van der Waals surface area contributed by atoms with Gasteiger partial charge in [0.15, 0.2) is 17.3 Å². The van der Waals surface area contributed by atoms with Gasteiger partial charge >= 0.3 is 0 Å². The summed E-state index contributed by atoms with van der Waals surface area (Å²) in [6, 6.07) is 9.38. The topological polar surface area (TPSA) is 68.0 Å². The zero-order valence-corrected chi connectivity index (χ0v) is 14.2. The molecule has 1 atom stereocenters. The van der Waals surface area contributed by atoms with Crippen molar-refractivity contribution in [2.75, 3.05) is 32.8 Å². The Hall–Kier alpha value is -2.54. The molecule has 25 heavy (non-hydrogen) atoms. The number of benzene rings is 1. The van der Waals surface area contributed by atoms with E-state index in [1.807, 2.05) is 42.2 Å². The van der Waals surface area contributed by atoms with Crippen molar-refractivity contribution < 1.29 is 18.8 Å². The van der Waals surface area contributed by atoms with Crippen molar-refractivity contribution in [1.29, 1.82) is 0 Å². The van der Waals surface area contributed by atoms with Crippen molar-refractivity contribution in [2.24, 2.45) is 0 Å². The Labute approximate surface area is 146 Å². The van der Waals surface area contributed by atoms with Crippen molar-refractivity contribution in [3.8, 4) is 11.5 Å². The van der Waals surface area contributed by atoms with Gasteiger partial charge in [0.05, 0.1) is 12.2 Å². The fourth-order valence-corrected chi connectivity index (χ4v) is 3.18. The Morgan fingerprint density at radius 1 is 1.20 bits per heavy atom. The van der Waals surface area contributed by atoms with Crippen LogP contribution in [0.1, 0.15) is 11.5 Å². The molecule has 1 aromatic carbocycles. The second-order valence-corrected chi connectivity index (χ2v) is 6.40. The maximum absolute atomic E-state index is 12.7. The van der Waals surface area contributed by atoms with Crippen LogP contribution in [-0.2, 0) is 11.3 Å². The van der Waals surface area contributed by atoms with Crippen LogP contribution in [0, 0.1) is 6.92 Å². The first-order valence-electron chi connectivity index (χ1n) is 8.51. The molecule has 0 saturated carbocycles. The average Bonchev–Trinajstić information content (AvgIpc) is 3.06. The molecule has 2 aromatic rings. The molecule has 1 aromatic heterocycles. The predicted octanol–water partition coefficient (Wildman–Crippen LogP) is 1.47. The molecule has 2 aliphatic rings. The minimum absolute atomic E-state index is 0.00957. The number of hydrogen-bond donors (Lipinski definition) is 0. The van der Waals surface area contributed by atoms with Crippen LogP contribution < -0.4 is 9.47 Å². The summed E-state index contributed by atoms with van der Waals surface area (Å²) in [5.41, 5.74) is 0.888. The van der Waals surface area contributed by atoms with Gasteiger partial charge < -0.3 is 18.9 Å². The van der Waals surface area contributed by atoms with E-state index in [0.717, 1.165) is 31.1 Å².